The number of benzene rings is 2. The van der Waals surface area contributed by atoms with Crippen molar-refractivity contribution < 1.29 is 23.0 Å². The van der Waals surface area contributed by atoms with Crippen LogP contribution in [0.25, 0.3) is 0 Å². The molecule has 166 valence electrons. The number of hydrogen-bond acceptors (Lipinski definition) is 5. The Kier molecular flexibility index (Phi) is 6.60. The molecule has 2 aromatic rings. The lowest BCUT2D eigenvalue weighted by Gasteiger charge is -2.38. The van der Waals surface area contributed by atoms with Crippen LogP contribution in [-0.4, -0.2) is 36.1 Å². The van der Waals surface area contributed by atoms with E-state index >= 15 is 0 Å². The normalized spacial score (nSPS) is 23.6. The Bertz CT molecular complexity index is 943. The third-order valence-corrected chi connectivity index (χ3v) is 6.26. The largest absolute Gasteiger partial charge is 0.416 e. The molecule has 4 rings (SSSR count). The van der Waals surface area contributed by atoms with Crippen LogP contribution in [0.15, 0.2) is 47.5 Å². The summed E-state index contributed by atoms with van der Waals surface area (Å²) in [5, 5.41) is 9.78. The lowest BCUT2D eigenvalue weighted by molar-refractivity contribution is -0.137. The second kappa shape index (κ2) is 9.22. The number of alkyl halides is 3. The van der Waals surface area contributed by atoms with Crippen LogP contribution in [0.4, 0.5) is 24.5 Å². The summed E-state index contributed by atoms with van der Waals surface area (Å²) in [4.78, 5) is 6.29. The van der Waals surface area contributed by atoms with Crippen molar-refractivity contribution in [3.63, 3.8) is 0 Å². The molecule has 2 aliphatic rings. The molecule has 4 nitrogen and oxygen atoms in total. The number of aliphatic hydroxyl groups excluding tert-OH is 1. The zero-order chi connectivity index (χ0) is 22.0. The lowest BCUT2D eigenvalue weighted by atomic mass is 9.95. The number of ether oxygens (including phenoxy) is 1. The van der Waals surface area contributed by atoms with Gasteiger partial charge in [-0.15, -0.1) is 0 Å². The second-order valence-electron chi connectivity index (χ2n) is 7.92. The van der Waals surface area contributed by atoms with Crippen molar-refractivity contribution in [2.24, 2.45) is 4.99 Å². The van der Waals surface area contributed by atoms with E-state index in [4.69, 9.17) is 4.74 Å². The van der Waals surface area contributed by atoms with E-state index in [2.05, 4.69) is 4.99 Å². The maximum atomic E-state index is 13.4. The highest BCUT2D eigenvalue weighted by atomic mass is 32.2. The number of halogens is 3. The highest BCUT2D eigenvalue weighted by Crippen LogP contribution is 2.40. The molecule has 0 bridgehead atoms. The fourth-order valence-corrected chi connectivity index (χ4v) is 4.56. The van der Waals surface area contributed by atoms with Gasteiger partial charge in [-0.05, 0) is 61.8 Å². The van der Waals surface area contributed by atoms with Gasteiger partial charge in [-0.2, -0.15) is 24.9 Å². The van der Waals surface area contributed by atoms with Crippen LogP contribution in [0.3, 0.4) is 0 Å². The van der Waals surface area contributed by atoms with Gasteiger partial charge in [0.1, 0.15) is 0 Å². The fourth-order valence-electron chi connectivity index (χ4n) is 4.05. The maximum absolute atomic E-state index is 13.4. The SMILES string of the molecule is CSCc1cccc(N2c3cc(C(F)(F)F)ccc3C=NC2OC2CCC(O)CC2)c1. The van der Waals surface area contributed by atoms with Crippen molar-refractivity contribution >= 4 is 29.4 Å². The molecule has 1 saturated carbocycles. The van der Waals surface area contributed by atoms with E-state index < -0.39 is 18.1 Å². The van der Waals surface area contributed by atoms with Gasteiger partial charge in [0, 0.05) is 23.2 Å². The van der Waals surface area contributed by atoms with Crippen molar-refractivity contribution in [3.05, 3.63) is 59.2 Å². The summed E-state index contributed by atoms with van der Waals surface area (Å²) in [6.45, 7) is 0. The third kappa shape index (κ3) is 5.07. The number of aliphatic hydroxyl groups is 1. The summed E-state index contributed by atoms with van der Waals surface area (Å²) in [6, 6.07) is 11.4. The zero-order valence-electron chi connectivity index (χ0n) is 17.2. The van der Waals surface area contributed by atoms with Gasteiger partial charge in [-0.1, -0.05) is 18.2 Å². The predicted octanol–water partition coefficient (Wildman–Crippen LogP) is 5.74. The van der Waals surface area contributed by atoms with Gasteiger partial charge in [0.2, 0.25) is 6.35 Å². The quantitative estimate of drug-likeness (QED) is 0.631. The van der Waals surface area contributed by atoms with Crippen molar-refractivity contribution in [2.45, 2.75) is 56.2 Å². The molecular weight excluding hydrogens is 425 g/mol. The van der Waals surface area contributed by atoms with E-state index in [0.29, 0.717) is 36.9 Å². The van der Waals surface area contributed by atoms with E-state index in [1.54, 1.807) is 22.9 Å². The van der Waals surface area contributed by atoms with Crippen LogP contribution in [0.5, 0.6) is 0 Å². The Morgan fingerprint density at radius 3 is 2.61 bits per heavy atom. The number of fused-ring (bicyclic) bond motifs is 1. The molecule has 1 atom stereocenters. The Morgan fingerprint density at radius 1 is 1.13 bits per heavy atom. The van der Waals surface area contributed by atoms with E-state index in [-0.39, 0.29) is 12.2 Å². The molecule has 0 spiro atoms. The summed E-state index contributed by atoms with van der Waals surface area (Å²) in [5.41, 5.74) is 2.15. The molecule has 1 aliphatic heterocycles. The highest BCUT2D eigenvalue weighted by molar-refractivity contribution is 7.97. The summed E-state index contributed by atoms with van der Waals surface area (Å²) in [6.07, 6.45) is 0.669. The molecule has 0 amide bonds. The van der Waals surface area contributed by atoms with Crippen LogP contribution in [0.2, 0.25) is 0 Å². The van der Waals surface area contributed by atoms with Gasteiger partial charge in [0.05, 0.1) is 23.5 Å². The van der Waals surface area contributed by atoms with Crippen LogP contribution >= 0.6 is 11.8 Å². The Hall–Kier alpha value is -2.03. The summed E-state index contributed by atoms with van der Waals surface area (Å²) in [5.74, 6) is 0.798. The first-order valence-electron chi connectivity index (χ1n) is 10.3. The van der Waals surface area contributed by atoms with Gasteiger partial charge in [0.15, 0.2) is 0 Å². The Labute approximate surface area is 184 Å². The monoisotopic (exact) mass is 450 g/mol. The zero-order valence-corrected chi connectivity index (χ0v) is 18.0. The minimum atomic E-state index is -4.44. The maximum Gasteiger partial charge on any atom is 0.416 e. The highest BCUT2D eigenvalue weighted by Gasteiger charge is 2.35. The van der Waals surface area contributed by atoms with E-state index in [0.717, 1.165) is 23.1 Å². The third-order valence-electron chi connectivity index (χ3n) is 5.64. The second-order valence-corrected chi connectivity index (χ2v) is 8.78. The van der Waals surface area contributed by atoms with E-state index in [9.17, 15) is 18.3 Å². The molecule has 1 aliphatic carbocycles. The molecular formula is C23H25F3N2O2S. The summed E-state index contributed by atoms with van der Waals surface area (Å²) < 4.78 is 46.6. The minimum Gasteiger partial charge on any atom is -0.393 e. The smallest absolute Gasteiger partial charge is 0.393 e. The number of hydrogen-bond donors (Lipinski definition) is 1. The van der Waals surface area contributed by atoms with E-state index in [1.165, 1.54) is 12.1 Å². The Balaban J connectivity index is 1.73. The summed E-state index contributed by atoms with van der Waals surface area (Å²) in [7, 11) is 0. The first-order valence-corrected chi connectivity index (χ1v) is 11.7. The predicted molar refractivity (Wildman–Crippen MR) is 118 cm³/mol. The van der Waals surface area contributed by atoms with Crippen LogP contribution < -0.4 is 4.90 Å². The van der Waals surface area contributed by atoms with Crippen molar-refractivity contribution in [3.8, 4) is 0 Å². The Morgan fingerprint density at radius 2 is 1.90 bits per heavy atom. The topological polar surface area (TPSA) is 45.1 Å². The standard InChI is InChI=1S/C23H25F3N2O2S/c1-31-14-15-3-2-4-18(11-15)28-21-12-17(23(24,25)26)6-5-16(21)13-27-22(28)30-20-9-7-19(29)8-10-20/h2-6,11-13,19-20,22,29H,7-10,14H2,1H3. The average molecular weight is 451 g/mol. The van der Waals surface area contributed by atoms with Crippen molar-refractivity contribution in [2.75, 3.05) is 11.2 Å². The number of thioether (sulfide) groups is 1. The van der Waals surface area contributed by atoms with Crippen LogP contribution in [0, 0.1) is 0 Å². The molecule has 31 heavy (non-hydrogen) atoms. The number of aliphatic imine (C=N–C) groups is 1. The molecule has 1 fully saturated rings. The first-order chi connectivity index (χ1) is 14.8. The average Bonchev–Trinajstić information content (AvgIpc) is 2.74. The number of rotatable bonds is 5. The summed E-state index contributed by atoms with van der Waals surface area (Å²) >= 11 is 1.68. The minimum absolute atomic E-state index is 0.102. The van der Waals surface area contributed by atoms with Gasteiger partial charge < -0.3 is 9.84 Å². The fraction of sp³-hybridized carbons (Fsp3) is 0.435. The molecule has 1 N–H and O–H groups in total. The van der Waals surface area contributed by atoms with Gasteiger partial charge in [-0.3, -0.25) is 4.90 Å². The van der Waals surface area contributed by atoms with Gasteiger partial charge in [-0.25, -0.2) is 4.99 Å². The molecule has 0 radical (unpaired) electrons. The van der Waals surface area contributed by atoms with Crippen LogP contribution in [0.1, 0.15) is 42.4 Å². The molecule has 0 aromatic heterocycles. The molecule has 2 aromatic carbocycles. The molecule has 1 unspecified atom stereocenters. The number of nitrogens with zero attached hydrogens (tertiary/aromatic N) is 2. The first kappa shape index (κ1) is 22.2. The molecule has 1 heterocycles. The van der Waals surface area contributed by atoms with E-state index in [1.807, 2.05) is 30.5 Å². The lowest BCUT2D eigenvalue weighted by Crippen LogP contribution is -2.39. The van der Waals surface area contributed by atoms with Crippen molar-refractivity contribution in [1.29, 1.82) is 0 Å². The van der Waals surface area contributed by atoms with Gasteiger partial charge >= 0.3 is 6.18 Å². The van der Waals surface area contributed by atoms with Crippen LogP contribution in [-0.2, 0) is 16.7 Å². The number of anilines is 2. The molecule has 8 heteroatoms. The van der Waals surface area contributed by atoms with Gasteiger partial charge in [0.25, 0.3) is 0 Å². The van der Waals surface area contributed by atoms with Crippen molar-refractivity contribution in [1.82, 2.24) is 0 Å². The molecule has 0 saturated heterocycles.